The number of hydrogen-bond acceptors (Lipinski definition) is 5. The van der Waals surface area contributed by atoms with Crippen LogP contribution in [0.4, 0.5) is 5.82 Å². The van der Waals surface area contributed by atoms with Gasteiger partial charge in [-0.25, -0.2) is 4.98 Å². The molecule has 3 N–H and O–H groups in total. The Morgan fingerprint density at radius 1 is 1.48 bits per heavy atom. The predicted octanol–water partition coefficient (Wildman–Crippen LogP) is 1.90. The Bertz CT molecular complexity index is 603. The van der Waals surface area contributed by atoms with Crippen LogP contribution in [-0.4, -0.2) is 34.3 Å². The molecule has 6 nitrogen and oxygen atoms in total. The van der Waals surface area contributed by atoms with Crippen molar-refractivity contribution in [1.82, 2.24) is 14.6 Å². The molecular weight excluding hydrogens is 266 g/mol. The molecule has 1 atom stereocenters. The lowest BCUT2D eigenvalue weighted by molar-refractivity contribution is 0.108. The predicted molar refractivity (Wildman–Crippen MR) is 82.5 cm³/mol. The molecule has 3 rings (SSSR count). The Hall–Kier alpha value is -1.66. The minimum absolute atomic E-state index is 0.115. The van der Waals surface area contributed by atoms with Crippen molar-refractivity contribution in [3.8, 4) is 0 Å². The van der Waals surface area contributed by atoms with Gasteiger partial charge in [0.15, 0.2) is 5.65 Å². The molecule has 1 aliphatic rings. The molecular formula is C15H23N5O. The van der Waals surface area contributed by atoms with Gasteiger partial charge in [0, 0.05) is 37.5 Å². The molecule has 0 amide bonds. The highest BCUT2D eigenvalue weighted by atomic mass is 16.5. The van der Waals surface area contributed by atoms with Gasteiger partial charge >= 0.3 is 0 Å². The van der Waals surface area contributed by atoms with Crippen LogP contribution in [0.3, 0.4) is 0 Å². The standard InChI is InChI=1S/C15H23N5O/c1-2-4-11-9-14(17-7-6-16)20-15(18-11)10-12(19-20)13-5-3-8-21-13/h9-10,13,17H,2-8,16H2,1H3. The smallest absolute Gasteiger partial charge is 0.157 e. The molecule has 0 aromatic carbocycles. The number of fused-ring (bicyclic) bond motifs is 1. The van der Waals surface area contributed by atoms with Crippen LogP contribution < -0.4 is 11.1 Å². The molecule has 21 heavy (non-hydrogen) atoms. The fourth-order valence-corrected chi connectivity index (χ4v) is 2.72. The maximum absolute atomic E-state index is 5.72. The first-order valence-electron chi connectivity index (χ1n) is 7.77. The normalized spacial score (nSPS) is 18.5. The zero-order chi connectivity index (χ0) is 14.7. The fourth-order valence-electron chi connectivity index (χ4n) is 2.72. The van der Waals surface area contributed by atoms with Crippen LogP contribution in [0.25, 0.3) is 5.65 Å². The van der Waals surface area contributed by atoms with Gasteiger partial charge in [-0.15, -0.1) is 0 Å². The van der Waals surface area contributed by atoms with Gasteiger partial charge in [-0.1, -0.05) is 13.3 Å². The second-order valence-corrected chi connectivity index (χ2v) is 5.44. The third-order valence-corrected chi connectivity index (χ3v) is 3.72. The van der Waals surface area contributed by atoms with E-state index in [1.54, 1.807) is 0 Å². The molecule has 114 valence electrons. The van der Waals surface area contributed by atoms with Gasteiger partial charge in [0.2, 0.25) is 0 Å². The summed E-state index contributed by atoms with van der Waals surface area (Å²) in [5, 5.41) is 8.01. The van der Waals surface area contributed by atoms with Crippen molar-refractivity contribution in [3.63, 3.8) is 0 Å². The maximum atomic E-state index is 5.72. The van der Waals surface area contributed by atoms with Gasteiger partial charge in [0.1, 0.15) is 11.9 Å². The summed E-state index contributed by atoms with van der Waals surface area (Å²) in [5.41, 5.74) is 8.54. The summed E-state index contributed by atoms with van der Waals surface area (Å²) in [6.07, 6.45) is 4.30. The van der Waals surface area contributed by atoms with Crippen molar-refractivity contribution < 1.29 is 4.74 Å². The van der Waals surface area contributed by atoms with Crippen LogP contribution in [0.2, 0.25) is 0 Å². The van der Waals surface area contributed by atoms with Gasteiger partial charge in [-0.3, -0.25) is 0 Å². The van der Waals surface area contributed by atoms with Gasteiger partial charge in [0.25, 0.3) is 0 Å². The molecule has 0 saturated carbocycles. The number of nitrogens with two attached hydrogens (primary N) is 1. The second-order valence-electron chi connectivity index (χ2n) is 5.44. The molecule has 1 aliphatic heterocycles. The highest BCUT2D eigenvalue weighted by Gasteiger charge is 2.21. The molecule has 2 aromatic heterocycles. The quantitative estimate of drug-likeness (QED) is 0.849. The highest BCUT2D eigenvalue weighted by molar-refractivity contribution is 5.51. The monoisotopic (exact) mass is 289 g/mol. The number of ether oxygens (including phenoxy) is 1. The van der Waals surface area contributed by atoms with Crippen molar-refractivity contribution in [3.05, 3.63) is 23.5 Å². The van der Waals surface area contributed by atoms with E-state index in [1.807, 2.05) is 10.6 Å². The van der Waals surface area contributed by atoms with E-state index < -0.39 is 0 Å². The van der Waals surface area contributed by atoms with Crippen molar-refractivity contribution in [1.29, 1.82) is 0 Å². The summed E-state index contributed by atoms with van der Waals surface area (Å²) >= 11 is 0. The number of nitrogens with zero attached hydrogens (tertiary/aromatic N) is 3. The topological polar surface area (TPSA) is 77.5 Å². The van der Waals surface area contributed by atoms with Gasteiger partial charge in [-0.2, -0.15) is 9.61 Å². The maximum Gasteiger partial charge on any atom is 0.157 e. The lowest BCUT2D eigenvalue weighted by Gasteiger charge is -2.09. The first kappa shape index (κ1) is 14.3. The van der Waals surface area contributed by atoms with E-state index in [1.165, 1.54) is 0 Å². The number of aromatic nitrogens is 3. The first-order valence-corrected chi connectivity index (χ1v) is 7.77. The summed E-state index contributed by atoms with van der Waals surface area (Å²) in [6.45, 7) is 4.30. The molecule has 0 radical (unpaired) electrons. The van der Waals surface area contributed by atoms with Crippen molar-refractivity contribution in [2.24, 2.45) is 5.73 Å². The van der Waals surface area contributed by atoms with E-state index >= 15 is 0 Å². The minimum Gasteiger partial charge on any atom is -0.372 e. The number of nitrogens with one attached hydrogen (secondary N) is 1. The van der Waals surface area contributed by atoms with Crippen LogP contribution in [-0.2, 0) is 11.2 Å². The highest BCUT2D eigenvalue weighted by Crippen LogP contribution is 2.28. The molecule has 0 aliphatic carbocycles. The van der Waals surface area contributed by atoms with E-state index in [0.717, 1.165) is 61.7 Å². The first-order chi connectivity index (χ1) is 10.3. The zero-order valence-corrected chi connectivity index (χ0v) is 12.5. The minimum atomic E-state index is 0.115. The summed E-state index contributed by atoms with van der Waals surface area (Å²) < 4.78 is 7.59. The van der Waals surface area contributed by atoms with E-state index in [-0.39, 0.29) is 6.10 Å². The number of hydrogen-bond donors (Lipinski definition) is 2. The largest absolute Gasteiger partial charge is 0.372 e. The average molecular weight is 289 g/mol. The van der Waals surface area contributed by atoms with Gasteiger partial charge < -0.3 is 15.8 Å². The number of anilines is 1. The third-order valence-electron chi connectivity index (χ3n) is 3.72. The van der Waals surface area contributed by atoms with Crippen LogP contribution in [0.5, 0.6) is 0 Å². The van der Waals surface area contributed by atoms with E-state index in [0.29, 0.717) is 6.54 Å². The molecule has 1 fully saturated rings. The summed E-state index contributed by atoms with van der Waals surface area (Å²) in [5.74, 6) is 0.957. The fraction of sp³-hybridized carbons (Fsp3) is 0.600. The molecule has 6 heteroatoms. The lowest BCUT2D eigenvalue weighted by Crippen LogP contribution is -2.16. The SMILES string of the molecule is CCCc1cc(NCCN)n2nc(C3CCCO3)cc2n1. The van der Waals surface area contributed by atoms with E-state index in [9.17, 15) is 0 Å². The lowest BCUT2D eigenvalue weighted by atomic mass is 10.2. The summed E-state index contributed by atoms with van der Waals surface area (Å²) in [6, 6.07) is 4.11. The second kappa shape index (κ2) is 6.41. The van der Waals surface area contributed by atoms with Crippen LogP contribution in [0, 0.1) is 0 Å². The molecule has 0 spiro atoms. The van der Waals surface area contributed by atoms with Gasteiger partial charge in [-0.05, 0) is 19.3 Å². The molecule has 2 aromatic rings. The van der Waals surface area contributed by atoms with Crippen molar-refractivity contribution in [2.45, 2.75) is 38.7 Å². The average Bonchev–Trinajstić information content (AvgIpc) is 3.13. The van der Waals surface area contributed by atoms with E-state index in [4.69, 9.17) is 15.5 Å². The Labute approximate surface area is 124 Å². The zero-order valence-electron chi connectivity index (χ0n) is 12.5. The number of aryl methyl sites for hydroxylation is 1. The Kier molecular flexibility index (Phi) is 4.36. The van der Waals surface area contributed by atoms with E-state index in [2.05, 4.69) is 23.4 Å². The van der Waals surface area contributed by atoms with Crippen molar-refractivity contribution >= 4 is 11.5 Å². The number of rotatable bonds is 6. The van der Waals surface area contributed by atoms with Crippen LogP contribution in [0.1, 0.15) is 43.7 Å². The van der Waals surface area contributed by atoms with Crippen molar-refractivity contribution in [2.75, 3.05) is 25.0 Å². The van der Waals surface area contributed by atoms with Crippen LogP contribution in [0.15, 0.2) is 12.1 Å². The van der Waals surface area contributed by atoms with Gasteiger partial charge in [0.05, 0.1) is 5.69 Å². The molecule has 1 unspecified atom stereocenters. The Morgan fingerprint density at radius 2 is 2.38 bits per heavy atom. The Balaban J connectivity index is 1.99. The summed E-state index contributed by atoms with van der Waals surface area (Å²) in [7, 11) is 0. The molecule has 3 heterocycles. The molecule has 0 bridgehead atoms. The summed E-state index contributed by atoms with van der Waals surface area (Å²) in [4.78, 5) is 4.70. The Morgan fingerprint density at radius 3 is 3.10 bits per heavy atom. The molecule has 1 saturated heterocycles. The van der Waals surface area contributed by atoms with Crippen LogP contribution >= 0.6 is 0 Å². The third kappa shape index (κ3) is 3.01.